The zero-order valence-corrected chi connectivity index (χ0v) is 12.7. The first-order valence-corrected chi connectivity index (χ1v) is 7.28. The first-order valence-electron chi connectivity index (χ1n) is 7.28. The standard InChI is InChI=1S/C14H25N5O/c1-4-19-13(12(15)9-16-19)14(20)18-7-5-11(6-8-18)10-17(2)3/h9,11H,4-8,10,15H2,1-3H3. The van der Waals surface area contributed by atoms with Crippen LogP contribution in [0.3, 0.4) is 0 Å². The molecule has 1 fully saturated rings. The smallest absolute Gasteiger partial charge is 0.274 e. The average Bonchev–Trinajstić information content (AvgIpc) is 2.79. The van der Waals surface area contributed by atoms with Crippen molar-refractivity contribution in [1.82, 2.24) is 19.6 Å². The largest absolute Gasteiger partial charge is 0.396 e. The molecule has 20 heavy (non-hydrogen) atoms. The lowest BCUT2D eigenvalue weighted by atomic mass is 9.96. The van der Waals surface area contributed by atoms with E-state index in [9.17, 15) is 4.79 Å². The van der Waals surface area contributed by atoms with Gasteiger partial charge in [-0.2, -0.15) is 5.10 Å². The fourth-order valence-electron chi connectivity index (χ4n) is 2.86. The Morgan fingerprint density at radius 3 is 2.65 bits per heavy atom. The maximum Gasteiger partial charge on any atom is 0.274 e. The van der Waals surface area contributed by atoms with Crippen molar-refractivity contribution in [2.45, 2.75) is 26.3 Å². The van der Waals surface area contributed by atoms with Gasteiger partial charge in [0.2, 0.25) is 0 Å². The Kier molecular flexibility index (Phi) is 4.65. The Hall–Kier alpha value is -1.56. The number of nitrogens with zero attached hydrogens (tertiary/aromatic N) is 4. The number of rotatable bonds is 4. The summed E-state index contributed by atoms with van der Waals surface area (Å²) in [6.07, 6.45) is 3.68. The van der Waals surface area contributed by atoms with E-state index in [0.29, 0.717) is 23.8 Å². The lowest BCUT2D eigenvalue weighted by molar-refractivity contribution is 0.0666. The Balaban J connectivity index is 2.00. The molecule has 112 valence electrons. The molecule has 1 aromatic rings. The van der Waals surface area contributed by atoms with Crippen LogP contribution in [-0.4, -0.2) is 59.2 Å². The maximum absolute atomic E-state index is 12.6. The van der Waals surface area contributed by atoms with Crippen molar-refractivity contribution in [3.63, 3.8) is 0 Å². The van der Waals surface area contributed by atoms with E-state index in [0.717, 1.165) is 32.5 Å². The van der Waals surface area contributed by atoms with Gasteiger partial charge in [0.1, 0.15) is 5.69 Å². The summed E-state index contributed by atoms with van der Waals surface area (Å²) in [7, 11) is 4.19. The second-order valence-corrected chi connectivity index (χ2v) is 5.76. The number of hydrogen-bond acceptors (Lipinski definition) is 4. The molecule has 1 aromatic heterocycles. The van der Waals surface area contributed by atoms with E-state index >= 15 is 0 Å². The van der Waals surface area contributed by atoms with E-state index in [2.05, 4.69) is 24.1 Å². The van der Waals surface area contributed by atoms with Crippen molar-refractivity contribution in [3.8, 4) is 0 Å². The fraction of sp³-hybridized carbons (Fsp3) is 0.714. The van der Waals surface area contributed by atoms with E-state index < -0.39 is 0 Å². The minimum atomic E-state index is 0.0187. The molecule has 0 atom stereocenters. The monoisotopic (exact) mass is 279 g/mol. The summed E-state index contributed by atoms with van der Waals surface area (Å²) in [5.74, 6) is 0.702. The van der Waals surface area contributed by atoms with Crippen molar-refractivity contribution in [1.29, 1.82) is 0 Å². The predicted octanol–water partition coefficient (Wildman–Crippen LogP) is 0.899. The lowest BCUT2D eigenvalue weighted by Gasteiger charge is -2.33. The number of aryl methyl sites for hydroxylation is 1. The molecule has 2 N–H and O–H groups in total. The van der Waals surface area contributed by atoms with Crippen molar-refractivity contribution >= 4 is 11.6 Å². The molecule has 2 heterocycles. The summed E-state index contributed by atoms with van der Waals surface area (Å²) in [5, 5.41) is 4.14. The van der Waals surface area contributed by atoms with Crippen LogP contribution in [0.1, 0.15) is 30.3 Å². The molecule has 0 spiro atoms. The van der Waals surface area contributed by atoms with Gasteiger partial charge in [0, 0.05) is 26.2 Å². The average molecular weight is 279 g/mol. The fourth-order valence-corrected chi connectivity index (χ4v) is 2.86. The molecule has 2 rings (SSSR count). The number of anilines is 1. The molecule has 1 saturated heterocycles. The summed E-state index contributed by atoms with van der Waals surface area (Å²) in [5.41, 5.74) is 6.90. The Bertz CT molecular complexity index is 460. The van der Waals surface area contributed by atoms with E-state index in [1.54, 1.807) is 10.9 Å². The van der Waals surface area contributed by atoms with E-state index in [4.69, 9.17) is 5.73 Å². The zero-order valence-electron chi connectivity index (χ0n) is 12.7. The number of carbonyl (C=O) groups is 1. The summed E-state index contributed by atoms with van der Waals surface area (Å²) >= 11 is 0. The number of nitrogens with two attached hydrogens (primary N) is 1. The normalized spacial score (nSPS) is 16.9. The van der Waals surface area contributed by atoms with Gasteiger partial charge < -0.3 is 15.5 Å². The highest BCUT2D eigenvalue weighted by Gasteiger charge is 2.27. The second-order valence-electron chi connectivity index (χ2n) is 5.76. The molecular weight excluding hydrogens is 254 g/mol. The van der Waals surface area contributed by atoms with Crippen LogP contribution in [0.5, 0.6) is 0 Å². The SMILES string of the molecule is CCn1ncc(N)c1C(=O)N1CCC(CN(C)C)CC1. The van der Waals surface area contributed by atoms with E-state index in [-0.39, 0.29) is 5.91 Å². The molecule has 0 bridgehead atoms. The molecular formula is C14H25N5O. The third-order valence-electron chi connectivity index (χ3n) is 3.89. The highest BCUT2D eigenvalue weighted by Crippen LogP contribution is 2.21. The van der Waals surface area contributed by atoms with Crippen LogP contribution in [0.15, 0.2) is 6.20 Å². The van der Waals surface area contributed by atoms with Crippen LogP contribution in [0.4, 0.5) is 5.69 Å². The third kappa shape index (κ3) is 3.12. The van der Waals surface area contributed by atoms with Gasteiger partial charge in [0.25, 0.3) is 5.91 Å². The van der Waals surface area contributed by atoms with Crippen LogP contribution < -0.4 is 5.73 Å². The summed E-state index contributed by atoms with van der Waals surface area (Å²) in [4.78, 5) is 16.7. The molecule has 0 aromatic carbocycles. The molecule has 6 nitrogen and oxygen atoms in total. The van der Waals surface area contributed by atoms with Gasteiger partial charge in [-0.15, -0.1) is 0 Å². The number of aromatic nitrogens is 2. The van der Waals surface area contributed by atoms with Gasteiger partial charge in [0.05, 0.1) is 11.9 Å². The molecule has 1 aliphatic heterocycles. The van der Waals surface area contributed by atoms with Crippen LogP contribution in [0.2, 0.25) is 0 Å². The van der Waals surface area contributed by atoms with Gasteiger partial charge in [-0.05, 0) is 39.8 Å². The maximum atomic E-state index is 12.6. The van der Waals surface area contributed by atoms with E-state index in [1.165, 1.54) is 0 Å². The first kappa shape index (κ1) is 14.8. The minimum absolute atomic E-state index is 0.0187. The Morgan fingerprint density at radius 2 is 2.10 bits per heavy atom. The zero-order chi connectivity index (χ0) is 14.7. The van der Waals surface area contributed by atoms with Gasteiger partial charge in [0.15, 0.2) is 0 Å². The van der Waals surface area contributed by atoms with Gasteiger partial charge in [-0.25, -0.2) is 0 Å². The third-order valence-corrected chi connectivity index (χ3v) is 3.89. The van der Waals surface area contributed by atoms with Crippen LogP contribution >= 0.6 is 0 Å². The molecule has 0 unspecified atom stereocenters. The molecule has 1 amide bonds. The molecule has 0 aliphatic carbocycles. The number of amides is 1. The van der Waals surface area contributed by atoms with Crippen molar-refractivity contribution in [3.05, 3.63) is 11.9 Å². The number of carbonyl (C=O) groups excluding carboxylic acids is 1. The molecule has 0 radical (unpaired) electrons. The topological polar surface area (TPSA) is 67.4 Å². The van der Waals surface area contributed by atoms with Gasteiger partial charge in [-0.1, -0.05) is 0 Å². The highest BCUT2D eigenvalue weighted by atomic mass is 16.2. The van der Waals surface area contributed by atoms with Crippen LogP contribution in [0, 0.1) is 5.92 Å². The molecule has 1 aliphatic rings. The lowest BCUT2D eigenvalue weighted by Crippen LogP contribution is -2.41. The van der Waals surface area contributed by atoms with Gasteiger partial charge in [-0.3, -0.25) is 9.48 Å². The van der Waals surface area contributed by atoms with E-state index in [1.807, 2.05) is 11.8 Å². The molecule has 6 heteroatoms. The summed E-state index contributed by atoms with van der Waals surface area (Å²) in [6.45, 7) is 5.34. The highest BCUT2D eigenvalue weighted by molar-refractivity contribution is 5.97. The van der Waals surface area contributed by atoms with Crippen molar-refractivity contribution < 1.29 is 4.79 Å². The quantitative estimate of drug-likeness (QED) is 0.889. The second kappa shape index (κ2) is 6.26. The van der Waals surface area contributed by atoms with Crippen molar-refractivity contribution in [2.24, 2.45) is 5.92 Å². The van der Waals surface area contributed by atoms with Gasteiger partial charge >= 0.3 is 0 Å². The summed E-state index contributed by atoms with van der Waals surface area (Å²) in [6, 6.07) is 0. The number of likely N-dealkylation sites (tertiary alicyclic amines) is 1. The first-order chi connectivity index (χ1) is 9.52. The molecule has 0 saturated carbocycles. The summed E-state index contributed by atoms with van der Waals surface area (Å²) < 4.78 is 1.68. The Morgan fingerprint density at radius 1 is 1.45 bits per heavy atom. The van der Waals surface area contributed by atoms with Crippen LogP contribution in [0.25, 0.3) is 0 Å². The minimum Gasteiger partial charge on any atom is -0.396 e. The van der Waals surface area contributed by atoms with Crippen molar-refractivity contribution in [2.75, 3.05) is 39.5 Å². The Labute approximate surface area is 120 Å². The number of hydrogen-bond donors (Lipinski definition) is 1. The van der Waals surface area contributed by atoms with Crippen LogP contribution in [-0.2, 0) is 6.54 Å². The number of piperidine rings is 1. The number of nitrogen functional groups attached to an aromatic ring is 1. The predicted molar refractivity (Wildman–Crippen MR) is 79.5 cm³/mol.